The highest BCUT2D eigenvalue weighted by atomic mass is 79.9. The van der Waals surface area contributed by atoms with Gasteiger partial charge in [-0.15, -0.1) is 0 Å². The van der Waals surface area contributed by atoms with E-state index in [2.05, 4.69) is 15.9 Å². The molecular formula is C6H7BrN2O2. The standard InChI is InChI=1S/C6H7BrN2O2/c7-6(8)4-2-1-3-5(6)9(10)11/h1-5H,8H2. The van der Waals surface area contributed by atoms with Crippen LogP contribution in [0.25, 0.3) is 0 Å². The molecule has 0 radical (unpaired) electrons. The molecule has 0 saturated heterocycles. The van der Waals surface area contributed by atoms with E-state index in [9.17, 15) is 10.1 Å². The first kappa shape index (κ1) is 8.42. The summed E-state index contributed by atoms with van der Waals surface area (Å²) >= 11 is 3.06. The van der Waals surface area contributed by atoms with Crippen LogP contribution in [0.2, 0.25) is 0 Å². The fraction of sp³-hybridized carbons (Fsp3) is 0.333. The molecule has 0 aromatic rings. The average molecular weight is 219 g/mol. The molecule has 0 fully saturated rings. The fourth-order valence-corrected chi connectivity index (χ4v) is 1.32. The Hall–Kier alpha value is -0.680. The van der Waals surface area contributed by atoms with Crippen LogP contribution in [0.15, 0.2) is 24.3 Å². The summed E-state index contributed by atoms with van der Waals surface area (Å²) < 4.78 is -1.04. The number of alkyl halides is 1. The van der Waals surface area contributed by atoms with E-state index in [1.54, 1.807) is 18.2 Å². The molecule has 0 spiro atoms. The number of nitrogens with two attached hydrogens (primary N) is 1. The van der Waals surface area contributed by atoms with Gasteiger partial charge in [0.25, 0.3) is 6.04 Å². The van der Waals surface area contributed by atoms with E-state index in [1.165, 1.54) is 6.08 Å². The smallest absolute Gasteiger partial charge is 0.262 e. The SMILES string of the molecule is NC1(Br)C=CC=CC1[N+](=O)[O-]. The summed E-state index contributed by atoms with van der Waals surface area (Å²) in [6.45, 7) is 0. The Bertz CT molecular complexity index is 235. The number of nitro groups is 1. The van der Waals surface area contributed by atoms with Crippen molar-refractivity contribution in [1.29, 1.82) is 0 Å². The molecule has 0 aromatic carbocycles. The number of hydrogen-bond donors (Lipinski definition) is 1. The highest BCUT2D eigenvalue weighted by molar-refractivity contribution is 9.10. The Balaban J connectivity index is 2.89. The van der Waals surface area contributed by atoms with Gasteiger partial charge in [0.1, 0.15) is 0 Å². The van der Waals surface area contributed by atoms with Gasteiger partial charge in [-0.3, -0.25) is 10.1 Å². The first-order valence-electron chi connectivity index (χ1n) is 3.01. The predicted octanol–water partition coefficient (Wildman–Crippen LogP) is 0.808. The van der Waals surface area contributed by atoms with Crippen LogP contribution in [-0.2, 0) is 0 Å². The van der Waals surface area contributed by atoms with Gasteiger partial charge in [-0.1, -0.05) is 28.1 Å². The summed E-state index contributed by atoms with van der Waals surface area (Å²) in [6.07, 6.45) is 6.30. The van der Waals surface area contributed by atoms with Crippen LogP contribution in [0.3, 0.4) is 0 Å². The third-order valence-corrected chi connectivity index (χ3v) is 2.17. The number of hydrogen-bond acceptors (Lipinski definition) is 3. The fourth-order valence-electron chi connectivity index (χ4n) is 0.850. The molecule has 4 nitrogen and oxygen atoms in total. The minimum absolute atomic E-state index is 0.422. The zero-order valence-electron chi connectivity index (χ0n) is 5.61. The Morgan fingerprint density at radius 3 is 2.64 bits per heavy atom. The van der Waals surface area contributed by atoms with Crippen molar-refractivity contribution in [3.05, 3.63) is 34.4 Å². The molecule has 5 heteroatoms. The maximum Gasteiger partial charge on any atom is 0.262 e. The lowest BCUT2D eigenvalue weighted by molar-refractivity contribution is -0.512. The van der Waals surface area contributed by atoms with Crippen LogP contribution in [0.1, 0.15) is 0 Å². The quantitative estimate of drug-likeness (QED) is 0.307. The van der Waals surface area contributed by atoms with Crippen molar-refractivity contribution in [3.63, 3.8) is 0 Å². The van der Waals surface area contributed by atoms with Crippen LogP contribution in [-0.4, -0.2) is 15.4 Å². The van der Waals surface area contributed by atoms with Gasteiger partial charge in [0, 0.05) is 4.92 Å². The topological polar surface area (TPSA) is 69.2 Å². The Kier molecular flexibility index (Phi) is 2.10. The van der Waals surface area contributed by atoms with Gasteiger partial charge in [-0.2, -0.15) is 0 Å². The van der Waals surface area contributed by atoms with E-state index < -0.39 is 15.4 Å². The van der Waals surface area contributed by atoms with Gasteiger partial charge in [0.15, 0.2) is 4.45 Å². The van der Waals surface area contributed by atoms with Gasteiger partial charge in [0.05, 0.1) is 0 Å². The number of halogens is 1. The number of nitrogens with zero attached hydrogens (tertiary/aromatic N) is 1. The van der Waals surface area contributed by atoms with Crippen molar-refractivity contribution in [2.75, 3.05) is 0 Å². The average Bonchev–Trinajstić information content (AvgIpc) is 1.85. The highest BCUT2D eigenvalue weighted by Crippen LogP contribution is 2.23. The first-order valence-corrected chi connectivity index (χ1v) is 3.80. The molecule has 0 heterocycles. The van der Waals surface area contributed by atoms with Gasteiger partial charge in [0.2, 0.25) is 0 Å². The summed E-state index contributed by atoms with van der Waals surface area (Å²) in [4.78, 5) is 9.96. The molecule has 2 unspecified atom stereocenters. The summed E-state index contributed by atoms with van der Waals surface area (Å²) in [5.74, 6) is 0. The van der Waals surface area contributed by atoms with E-state index in [1.807, 2.05) is 0 Å². The van der Waals surface area contributed by atoms with Gasteiger partial charge >= 0.3 is 0 Å². The van der Waals surface area contributed by atoms with Crippen molar-refractivity contribution in [3.8, 4) is 0 Å². The minimum atomic E-state index is -1.04. The molecule has 1 rings (SSSR count). The largest absolute Gasteiger partial charge is 0.307 e. The summed E-state index contributed by atoms with van der Waals surface area (Å²) in [6, 6.07) is -0.882. The lowest BCUT2D eigenvalue weighted by Crippen LogP contribution is -2.47. The molecule has 0 aromatic heterocycles. The minimum Gasteiger partial charge on any atom is -0.307 e. The number of rotatable bonds is 1. The Morgan fingerprint density at radius 2 is 2.27 bits per heavy atom. The zero-order valence-corrected chi connectivity index (χ0v) is 7.19. The monoisotopic (exact) mass is 218 g/mol. The van der Waals surface area contributed by atoms with Crippen LogP contribution in [0, 0.1) is 10.1 Å². The molecular weight excluding hydrogens is 212 g/mol. The van der Waals surface area contributed by atoms with Crippen LogP contribution >= 0.6 is 15.9 Å². The molecule has 1 aliphatic rings. The molecule has 0 amide bonds. The maximum absolute atomic E-state index is 10.4. The maximum atomic E-state index is 10.4. The van der Waals surface area contributed by atoms with E-state index in [0.717, 1.165) is 0 Å². The van der Waals surface area contributed by atoms with Gasteiger partial charge < -0.3 is 5.73 Å². The van der Waals surface area contributed by atoms with Crippen molar-refractivity contribution >= 4 is 15.9 Å². The molecule has 2 N–H and O–H groups in total. The molecule has 0 aliphatic heterocycles. The van der Waals surface area contributed by atoms with Crippen molar-refractivity contribution in [1.82, 2.24) is 0 Å². The first-order chi connectivity index (χ1) is 5.04. The van der Waals surface area contributed by atoms with E-state index in [4.69, 9.17) is 5.73 Å². The van der Waals surface area contributed by atoms with Crippen molar-refractivity contribution in [2.24, 2.45) is 5.73 Å². The second-order valence-electron chi connectivity index (χ2n) is 2.30. The second-order valence-corrected chi connectivity index (χ2v) is 3.68. The molecule has 0 saturated carbocycles. The lowest BCUT2D eigenvalue weighted by Gasteiger charge is -2.21. The normalized spacial score (nSPS) is 35.6. The van der Waals surface area contributed by atoms with Crippen LogP contribution in [0.5, 0.6) is 0 Å². The third-order valence-electron chi connectivity index (χ3n) is 1.44. The molecule has 1 aliphatic carbocycles. The molecule has 2 atom stereocenters. The van der Waals surface area contributed by atoms with Crippen molar-refractivity contribution in [2.45, 2.75) is 10.5 Å². The molecule has 11 heavy (non-hydrogen) atoms. The van der Waals surface area contributed by atoms with Gasteiger partial charge in [-0.25, -0.2) is 0 Å². The Morgan fingerprint density at radius 1 is 1.64 bits per heavy atom. The van der Waals surface area contributed by atoms with Crippen molar-refractivity contribution < 1.29 is 4.92 Å². The van der Waals surface area contributed by atoms with E-state index in [0.29, 0.717) is 0 Å². The third kappa shape index (κ3) is 1.66. The van der Waals surface area contributed by atoms with Gasteiger partial charge in [-0.05, 0) is 12.2 Å². The van der Waals surface area contributed by atoms with E-state index >= 15 is 0 Å². The molecule has 60 valence electrons. The van der Waals surface area contributed by atoms with E-state index in [-0.39, 0.29) is 0 Å². The lowest BCUT2D eigenvalue weighted by atomic mass is 10.1. The molecule has 0 bridgehead atoms. The summed E-state index contributed by atoms with van der Waals surface area (Å²) in [5, 5.41) is 10.4. The second kappa shape index (κ2) is 2.75. The summed E-state index contributed by atoms with van der Waals surface area (Å²) in [7, 11) is 0. The predicted molar refractivity (Wildman–Crippen MR) is 44.9 cm³/mol. The highest BCUT2D eigenvalue weighted by Gasteiger charge is 2.38. The summed E-state index contributed by atoms with van der Waals surface area (Å²) in [5.41, 5.74) is 5.56. The van der Waals surface area contributed by atoms with Crippen LogP contribution < -0.4 is 5.73 Å². The zero-order chi connectivity index (χ0) is 8.48. The number of allylic oxidation sites excluding steroid dienone is 2. The Labute approximate surface area is 72.0 Å². The van der Waals surface area contributed by atoms with Crippen LogP contribution in [0.4, 0.5) is 0 Å².